The van der Waals surface area contributed by atoms with Crippen LogP contribution < -0.4 is 5.32 Å². The third kappa shape index (κ3) is 4.35. The number of carbonyl (C=O) groups excluding carboxylic acids is 3. The number of nitrogens with zero attached hydrogens (tertiary/aromatic N) is 1. The molecule has 1 aromatic rings. The van der Waals surface area contributed by atoms with Gasteiger partial charge < -0.3 is 10.1 Å². The minimum Gasteiger partial charge on any atom is -0.463 e. The molecule has 0 radical (unpaired) electrons. The molecule has 0 bridgehead atoms. The summed E-state index contributed by atoms with van der Waals surface area (Å²) in [5, 5.41) is 2.99. The fourth-order valence-corrected chi connectivity index (χ4v) is 3.09. The van der Waals surface area contributed by atoms with Crippen molar-refractivity contribution in [3.63, 3.8) is 0 Å². The lowest BCUT2D eigenvalue weighted by Crippen LogP contribution is -2.42. The summed E-state index contributed by atoms with van der Waals surface area (Å²) in [5.74, 6) is -1.53. The number of hydrogen-bond acceptors (Lipinski definition) is 5. The molecule has 128 valence electrons. The van der Waals surface area contributed by atoms with Gasteiger partial charge >= 0.3 is 5.97 Å². The Morgan fingerprint density at radius 2 is 2.08 bits per heavy atom. The summed E-state index contributed by atoms with van der Waals surface area (Å²) < 4.78 is 17.7. The summed E-state index contributed by atoms with van der Waals surface area (Å²) in [7, 11) is 0. The first kappa shape index (κ1) is 18.0. The number of esters is 1. The van der Waals surface area contributed by atoms with Crippen LogP contribution in [0.4, 0.5) is 10.1 Å². The monoisotopic (exact) mass is 352 g/mol. The first-order valence-corrected chi connectivity index (χ1v) is 8.30. The Bertz CT molecular complexity index is 675. The zero-order valence-corrected chi connectivity index (χ0v) is 14.1. The number of rotatable bonds is 5. The smallest absolute Gasteiger partial charge is 0.333 e. The van der Waals surface area contributed by atoms with Gasteiger partial charge in [-0.15, -0.1) is 0 Å². The Balaban J connectivity index is 2.11. The third-order valence-electron chi connectivity index (χ3n) is 3.26. The predicted octanol–water partition coefficient (Wildman–Crippen LogP) is 2.13. The molecular weight excluding hydrogens is 335 g/mol. The highest BCUT2D eigenvalue weighted by atomic mass is 32.2. The number of benzene rings is 1. The highest BCUT2D eigenvalue weighted by molar-refractivity contribution is 8.04. The van der Waals surface area contributed by atoms with Gasteiger partial charge in [0.1, 0.15) is 11.9 Å². The molecule has 0 aliphatic carbocycles. The van der Waals surface area contributed by atoms with Crippen molar-refractivity contribution >= 4 is 35.2 Å². The van der Waals surface area contributed by atoms with Gasteiger partial charge in [0.05, 0.1) is 23.5 Å². The van der Waals surface area contributed by atoms with Crippen LogP contribution in [0.15, 0.2) is 35.4 Å². The summed E-state index contributed by atoms with van der Waals surface area (Å²) in [5.41, 5.74) is 0.420. The van der Waals surface area contributed by atoms with Crippen molar-refractivity contribution in [2.45, 2.75) is 19.9 Å². The average molecular weight is 352 g/mol. The van der Waals surface area contributed by atoms with Gasteiger partial charge in [-0.2, -0.15) is 0 Å². The lowest BCUT2D eigenvalue weighted by atomic mass is 10.2. The van der Waals surface area contributed by atoms with Crippen molar-refractivity contribution in [3.05, 3.63) is 41.2 Å². The first-order valence-electron chi connectivity index (χ1n) is 7.32. The fourth-order valence-electron chi connectivity index (χ4n) is 2.10. The highest BCUT2D eigenvalue weighted by Crippen LogP contribution is 2.31. The van der Waals surface area contributed by atoms with Gasteiger partial charge in [-0.05, 0) is 38.1 Å². The number of anilines is 1. The minimum absolute atomic E-state index is 0.152. The molecule has 2 amide bonds. The summed E-state index contributed by atoms with van der Waals surface area (Å²) >= 11 is 1.17. The van der Waals surface area contributed by atoms with Crippen LogP contribution in [0, 0.1) is 5.82 Å². The normalized spacial score (nSPS) is 17.0. The second-order valence-electron chi connectivity index (χ2n) is 4.96. The molecule has 6 nitrogen and oxygen atoms in total. The van der Waals surface area contributed by atoms with E-state index in [1.54, 1.807) is 13.8 Å². The van der Waals surface area contributed by atoms with E-state index < -0.39 is 23.7 Å². The van der Waals surface area contributed by atoms with Crippen LogP contribution in [-0.4, -0.2) is 41.1 Å². The molecule has 1 saturated heterocycles. The maximum atomic E-state index is 12.9. The van der Waals surface area contributed by atoms with Gasteiger partial charge in [0, 0.05) is 5.69 Å². The standard InChI is InChI=1S/C16H17FN2O4S/c1-3-23-15(21)8-14-19(13(20)9-24-14)10(2)16(22)18-12-6-4-11(17)5-7-12/h4-8,10H,3,9H2,1-2H3,(H,18,22)/b14-8-/t10-/m0/s1. The van der Waals surface area contributed by atoms with Gasteiger partial charge in [-0.1, -0.05) is 11.8 Å². The number of carbonyl (C=O) groups is 3. The zero-order valence-electron chi connectivity index (χ0n) is 13.2. The molecule has 0 aromatic heterocycles. The molecule has 1 aromatic carbocycles. The lowest BCUT2D eigenvalue weighted by Gasteiger charge is -2.24. The second-order valence-corrected chi connectivity index (χ2v) is 5.95. The number of hydrogen-bond donors (Lipinski definition) is 1. The van der Waals surface area contributed by atoms with Crippen molar-refractivity contribution in [1.82, 2.24) is 4.90 Å². The van der Waals surface area contributed by atoms with Crippen LogP contribution in [-0.2, 0) is 19.1 Å². The van der Waals surface area contributed by atoms with Gasteiger partial charge in [-0.3, -0.25) is 14.5 Å². The maximum absolute atomic E-state index is 12.9. The molecule has 0 unspecified atom stereocenters. The molecule has 24 heavy (non-hydrogen) atoms. The molecule has 0 spiro atoms. The zero-order chi connectivity index (χ0) is 17.7. The van der Waals surface area contributed by atoms with Gasteiger partial charge in [-0.25, -0.2) is 9.18 Å². The van der Waals surface area contributed by atoms with Crippen molar-refractivity contribution in [2.75, 3.05) is 17.7 Å². The molecule has 1 atom stereocenters. The number of halogens is 1. The molecule has 2 rings (SSSR count). The molecule has 8 heteroatoms. The van der Waals surface area contributed by atoms with E-state index in [1.165, 1.54) is 47.0 Å². The second kappa shape index (κ2) is 7.96. The topological polar surface area (TPSA) is 75.7 Å². The number of ether oxygens (including phenoxy) is 1. The van der Waals surface area contributed by atoms with Crippen molar-refractivity contribution in [1.29, 1.82) is 0 Å². The van der Waals surface area contributed by atoms with E-state index in [1.807, 2.05) is 0 Å². The van der Waals surface area contributed by atoms with E-state index in [-0.39, 0.29) is 18.3 Å². The van der Waals surface area contributed by atoms with Crippen molar-refractivity contribution < 1.29 is 23.5 Å². The molecule has 1 N–H and O–H groups in total. The van der Waals surface area contributed by atoms with E-state index in [2.05, 4.69) is 5.32 Å². The number of nitrogens with one attached hydrogen (secondary N) is 1. The van der Waals surface area contributed by atoms with Crippen molar-refractivity contribution in [3.8, 4) is 0 Å². The van der Waals surface area contributed by atoms with Gasteiger partial charge in [0.2, 0.25) is 11.8 Å². The first-order chi connectivity index (χ1) is 11.4. The molecule has 0 saturated carbocycles. The van der Waals surface area contributed by atoms with Crippen LogP contribution in [0.2, 0.25) is 0 Å². The quantitative estimate of drug-likeness (QED) is 0.649. The van der Waals surface area contributed by atoms with E-state index in [0.29, 0.717) is 10.7 Å². The Morgan fingerprint density at radius 1 is 1.42 bits per heavy atom. The van der Waals surface area contributed by atoms with E-state index in [0.717, 1.165) is 0 Å². The molecule has 1 fully saturated rings. The molecule has 1 aliphatic rings. The lowest BCUT2D eigenvalue weighted by molar-refractivity contribution is -0.137. The molecular formula is C16H17FN2O4S. The highest BCUT2D eigenvalue weighted by Gasteiger charge is 2.34. The van der Waals surface area contributed by atoms with Crippen LogP contribution in [0.3, 0.4) is 0 Å². The van der Waals surface area contributed by atoms with Crippen LogP contribution in [0.25, 0.3) is 0 Å². The van der Waals surface area contributed by atoms with Gasteiger partial charge in [0.15, 0.2) is 0 Å². The SMILES string of the molecule is CCOC(=O)/C=C1\SCC(=O)N1[C@@H](C)C(=O)Nc1ccc(F)cc1. The predicted molar refractivity (Wildman–Crippen MR) is 88.5 cm³/mol. The Hall–Kier alpha value is -2.35. The summed E-state index contributed by atoms with van der Waals surface area (Å²) in [6.07, 6.45) is 1.21. The minimum atomic E-state index is -0.821. The van der Waals surface area contributed by atoms with E-state index >= 15 is 0 Å². The summed E-state index contributed by atoms with van der Waals surface area (Å²) in [6.45, 7) is 3.46. The summed E-state index contributed by atoms with van der Waals surface area (Å²) in [4.78, 5) is 37.2. The largest absolute Gasteiger partial charge is 0.463 e. The Morgan fingerprint density at radius 3 is 2.71 bits per heavy atom. The third-order valence-corrected chi connectivity index (χ3v) is 4.26. The van der Waals surface area contributed by atoms with Crippen LogP contribution >= 0.6 is 11.8 Å². The number of amides is 2. The van der Waals surface area contributed by atoms with E-state index in [9.17, 15) is 18.8 Å². The van der Waals surface area contributed by atoms with Crippen LogP contribution in [0.5, 0.6) is 0 Å². The van der Waals surface area contributed by atoms with Crippen molar-refractivity contribution in [2.24, 2.45) is 0 Å². The molecule has 1 heterocycles. The van der Waals surface area contributed by atoms with Crippen LogP contribution in [0.1, 0.15) is 13.8 Å². The Labute approximate surface area is 143 Å². The summed E-state index contributed by atoms with van der Waals surface area (Å²) in [6, 6.07) is 4.48. The Kier molecular flexibility index (Phi) is 5.97. The molecule has 1 aliphatic heterocycles. The fraction of sp³-hybridized carbons (Fsp3) is 0.312. The maximum Gasteiger partial charge on any atom is 0.333 e. The number of thioether (sulfide) groups is 1. The van der Waals surface area contributed by atoms with E-state index in [4.69, 9.17) is 4.74 Å². The van der Waals surface area contributed by atoms with Gasteiger partial charge in [0.25, 0.3) is 0 Å². The average Bonchev–Trinajstić information content (AvgIpc) is 2.89.